The zero-order valence-corrected chi connectivity index (χ0v) is 10.5. The molecule has 0 aliphatic carbocycles. The summed E-state index contributed by atoms with van der Waals surface area (Å²) in [6.45, 7) is 0. The quantitative estimate of drug-likeness (QED) is 0.917. The van der Waals surface area contributed by atoms with Crippen LogP contribution < -0.4 is 4.74 Å². The zero-order valence-electron chi connectivity index (χ0n) is 9.66. The van der Waals surface area contributed by atoms with E-state index in [-0.39, 0.29) is 5.56 Å². The first-order chi connectivity index (χ1) is 8.70. The number of carbonyl (C=O) groups is 1. The first-order valence-corrected chi connectivity index (χ1v) is 6.02. The lowest BCUT2D eigenvalue weighted by molar-refractivity contribution is 0.0696. The molecule has 1 aromatic carbocycles. The summed E-state index contributed by atoms with van der Waals surface area (Å²) in [4.78, 5) is 15.9. The summed E-state index contributed by atoms with van der Waals surface area (Å²) in [5, 5.41) is 9.54. The Labute approximate surface area is 109 Å². The number of carboxylic acid groups (broad SMARTS) is 1. The highest BCUT2D eigenvalue weighted by Crippen LogP contribution is 2.33. The lowest BCUT2D eigenvalue weighted by atomic mass is 10.3. The predicted octanol–water partition coefficient (Wildman–Crippen LogP) is 2.94. The van der Waals surface area contributed by atoms with E-state index in [0.717, 1.165) is 10.6 Å². The summed E-state index contributed by atoms with van der Waals surface area (Å²) in [7, 11) is 1.60. The van der Waals surface area contributed by atoms with E-state index in [9.17, 15) is 4.79 Å². The van der Waals surface area contributed by atoms with Crippen molar-refractivity contribution in [3.63, 3.8) is 0 Å². The van der Waals surface area contributed by atoms with Crippen LogP contribution in [0, 0.1) is 0 Å². The van der Waals surface area contributed by atoms with Gasteiger partial charge in [0.05, 0.1) is 17.6 Å². The maximum absolute atomic E-state index is 10.9. The van der Waals surface area contributed by atoms with Gasteiger partial charge in [-0.3, -0.25) is 0 Å². The van der Waals surface area contributed by atoms with Crippen molar-refractivity contribution in [1.82, 2.24) is 4.98 Å². The maximum atomic E-state index is 10.9. The topological polar surface area (TPSA) is 59.4 Å². The number of hydrogen-bond acceptors (Lipinski definition) is 4. The van der Waals surface area contributed by atoms with Crippen molar-refractivity contribution in [3.8, 4) is 5.75 Å². The molecule has 0 atom stereocenters. The van der Waals surface area contributed by atoms with Crippen LogP contribution in [0.25, 0.3) is 0 Å². The minimum atomic E-state index is -0.959. The molecule has 0 saturated carbocycles. The number of aromatic nitrogens is 1. The second-order valence-corrected chi connectivity index (χ2v) is 4.50. The summed E-state index contributed by atoms with van der Waals surface area (Å²) in [5.74, 6) is -0.218. The summed E-state index contributed by atoms with van der Waals surface area (Å²) >= 11 is 1.37. The molecule has 5 heteroatoms. The number of pyridine rings is 1. The standard InChI is InChI=1S/C13H11NO3S/c1-17-10-4-2-3-5-11(10)18-12-8-9(13(15)16)6-7-14-12/h2-8H,1H3,(H,15,16). The number of carboxylic acids is 1. The third kappa shape index (κ3) is 2.81. The molecule has 0 amide bonds. The van der Waals surface area contributed by atoms with Crippen LogP contribution in [0.5, 0.6) is 5.75 Å². The van der Waals surface area contributed by atoms with Gasteiger partial charge in [0.2, 0.25) is 0 Å². The molecule has 1 N–H and O–H groups in total. The third-order valence-corrected chi connectivity index (χ3v) is 3.25. The molecule has 0 fully saturated rings. The molecule has 2 rings (SSSR count). The summed E-state index contributed by atoms with van der Waals surface area (Å²) in [6.07, 6.45) is 1.49. The van der Waals surface area contributed by atoms with Gasteiger partial charge in [-0.2, -0.15) is 0 Å². The van der Waals surface area contributed by atoms with E-state index in [1.165, 1.54) is 24.0 Å². The molecule has 2 aromatic rings. The molecule has 92 valence electrons. The Kier molecular flexibility index (Phi) is 3.84. The number of ether oxygens (including phenoxy) is 1. The first-order valence-electron chi connectivity index (χ1n) is 5.21. The van der Waals surface area contributed by atoms with Gasteiger partial charge in [-0.25, -0.2) is 9.78 Å². The fourth-order valence-corrected chi connectivity index (χ4v) is 2.34. The van der Waals surface area contributed by atoms with Crippen molar-refractivity contribution in [2.24, 2.45) is 0 Å². The van der Waals surface area contributed by atoms with E-state index < -0.39 is 5.97 Å². The van der Waals surface area contributed by atoms with Gasteiger partial charge in [0.1, 0.15) is 10.8 Å². The van der Waals surface area contributed by atoms with Crippen LogP contribution in [0.4, 0.5) is 0 Å². The molecule has 4 nitrogen and oxygen atoms in total. The normalized spacial score (nSPS) is 10.1. The largest absolute Gasteiger partial charge is 0.496 e. The highest BCUT2D eigenvalue weighted by Gasteiger charge is 2.08. The molecule has 0 aliphatic rings. The number of para-hydroxylation sites is 1. The van der Waals surface area contributed by atoms with Crippen LogP contribution in [-0.4, -0.2) is 23.2 Å². The van der Waals surface area contributed by atoms with Gasteiger partial charge < -0.3 is 9.84 Å². The van der Waals surface area contributed by atoms with E-state index in [2.05, 4.69) is 4.98 Å². The van der Waals surface area contributed by atoms with Gasteiger partial charge in [-0.05, 0) is 24.3 Å². The second-order valence-electron chi connectivity index (χ2n) is 3.44. The van der Waals surface area contributed by atoms with Gasteiger partial charge in [-0.15, -0.1) is 0 Å². The fraction of sp³-hybridized carbons (Fsp3) is 0.0769. The second kappa shape index (κ2) is 5.55. The van der Waals surface area contributed by atoms with Crippen LogP contribution in [0.2, 0.25) is 0 Å². The number of methoxy groups -OCH3 is 1. The molecule has 1 heterocycles. The van der Waals surface area contributed by atoms with E-state index >= 15 is 0 Å². The van der Waals surface area contributed by atoms with Gasteiger partial charge >= 0.3 is 5.97 Å². The summed E-state index contributed by atoms with van der Waals surface area (Å²) < 4.78 is 5.23. The molecule has 0 saturated heterocycles. The maximum Gasteiger partial charge on any atom is 0.335 e. The van der Waals surface area contributed by atoms with Crippen molar-refractivity contribution in [3.05, 3.63) is 48.2 Å². The molecule has 1 aromatic heterocycles. The average molecular weight is 261 g/mol. The number of rotatable bonds is 4. The number of nitrogens with zero attached hydrogens (tertiary/aromatic N) is 1. The van der Waals surface area contributed by atoms with Crippen LogP contribution in [0.15, 0.2) is 52.5 Å². The van der Waals surface area contributed by atoms with Crippen molar-refractivity contribution in [2.45, 2.75) is 9.92 Å². The lowest BCUT2D eigenvalue weighted by Crippen LogP contribution is -1.96. The number of hydrogen-bond donors (Lipinski definition) is 1. The minimum Gasteiger partial charge on any atom is -0.496 e. The molecule has 0 radical (unpaired) electrons. The van der Waals surface area contributed by atoms with Crippen molar-refractivity contribution < 1.29 is 14.6 Å². The molecule has 0 aliphatic heterocycles. The minimum absolute atomic E-state index is 0.224. The smallest absolute Gasteiger partial charge is 0.335 e. The fourth-order valence-electron chi connectivity index (χ4n) is 1.41. The Bertz CT molecular complexity index is 572. The Morgan fingerprint density at radius 2 is 2.11 bits per heavy atom. The van der Waals surface area contributed by atoms with Crippen molar-refractivity contribution >= 4 is 17.7 Å². The Morgan fingerprint density at radius 1 is 1.33 bits per heavy atom. The monoisotopic (exact) mass is 261 g/mol. The summed E-state index contributed by atoms with van der Waals surface area (Å²) in [5.41, 5.74) is 0.224. The molecule has 18 heavy (non-hydrogen) atoms. The van der Waals surface area contributed by atoms with Crippen LogP contribution in [0.3, 0.4) is 0 Å². The van der Waals surface area contributed by atoms with E-state index in [0.29, 0.717) is 5.03 Å². The van der Waals surface area contributed by atoms with Crippen LogP contribution >= 0.6 is 11.8 Å². The summed E-state index contributed by atoms with van der Waals surface area (Å²) in [6, 6.07) is 10.5. The SMILES string of the molecule is COc1ccccc1Sc1cc(C(=O)O)ccn1. The van der Waals surface area contributed by atoms with Crippen molar-refractivity contribution in [1.29, 1.82) is 0 Å². The zero-order chi connectivity index (χ0) is 13.0. The third-order valence-electron chi connectivity index (χ3n) is 2.27. The van der Waals surface area contributed by atoms with Gasteiger partial charge in [0.25, 0.3) is 0 Å². The average Bonchev–Trinajstić information content (AvgIpc) is 2.39. The van der Waals surface area contributed by atoms with Crippen LogP contribution in [-0.2, 0) is 0 Å². The molecule has 0 bridgehead atoms. The van der Waals surface area contributed by atoms with Crippen LogP contribution in [0.1, 0.15) is 10.4 Å². The highest BCUT2D eigenvalue weighted by molar-refractivity contribution is 7.99. The molecular formula is C13H11NO3S. The van der Waals surface area contributed by atoms with Gasteiger partial charge in [-0.1, -0.05) is 23.9 Å². The Balaban J connectivity index is 2.28. The lowest BCUT2D eigenvalue weighted by Gasteiger charge is -2.07. The predicted molar refractivity (Wildman–Crippen MR) is 68.3 cm³/mol. The highest BCUT2D eigenvalue weighted by atomic mass is 32.2. The van der Waals surface area contributed by atoms with E-state index in [1.54, 1.807) is 13.2 Å². The van der Waals surface area contributed by atoms with Crippen molar-refractivity contribution in [2.75, 3.05) is 7.11 Å². The number of aromatic carboxylic acids is 1. The van der Waals surface area contributed by atoms with Gasteiger partial charge in [0, 0.05) is 6.20 Å². The van der Waals surface area contributed by atoms with E-state index in [4.69, 9.17) is 9.84 Å². The Hall–Kier alpha value is -2.01. The van der Waals surface area contributed by atoms with Gasteiger partial charge in [0.15, 0.2) is 0 Å². The Morgan fingerprint density at radius 3 is 2.83 bits per heavy atom. The first kappa shape index (κ1) is 12.4. The number of benzene rings is 1. The molecular weight excluding hydrogens is 250 g/mol. The molecule has 0 spiro atoms. The van der Waals surface area contributed by atoms with E-state index in [1.807, 2.05) is 24.3 Å². The molecule has 0 unspecified atom stereocenters.